The van der Waals surface area contributed by atoms with Crippen molar-refractivity contribution in [3.05, 3.63) is 176 Å². The molecule has 0 spiro atoms. The molecule has 7 aromatic carbocycles. The van der Waals surface area contributed by atoms with Crippen LogP contribution in [0.3, 0.4) is 0 Å². The van der Waals surface area contributed by atoms with Gasteiger partial charge in [0.05, 0.1) is 11.0 Å². The normalized spacial score (nSPS) is 11.3. The summed E-state index contributed by atoms with van der Waals surface area (Å²) in [5.41, 5.74) is 13.4. The molecule has 0 fully saturated rings. The van der Waals surface area contributed by atoms with Crippen LogP contribution in [0.2, 0.25) is 0 Å². The Labute approximate surface area is 251 Å². The molecule has 0 saturated carbocycles. The third-order valence-corrected chi connectivity index (χ3v) is 8.43. The van der Waals surface area contributed by atoms with E-state index < -0.39 is 0 Å². The predicted octanol–water partition coefficient (Wildman–Crippen LogP) is 11.5. The van der Waals surface area contributed by atoms with Crippen LogP contribution in [0, 0.1) is 0 Å². The topological polar surface area (TPSA) is 4.93 Å². The summed E-state index contributed by atoms with van der Waals surface area (Å²) in [6.45, 7) is 0. The Morgan fingerprint density at radius 1 is 0.279 bits per heavy atom. The first-order valence-corrected chi connectivity index (χ1v) is 14.8. The van der Waals surface area contributed by atoms with E-state index in [0.717, 1.165) is 5.69 Å². The van der Waals surface area contributed by atoms with Gasteiger partial charge in [-0.2, -0.15) is 0 Å². The fourth-order valence-electron chi connectivity index (χ4n) is 6.32. The summed E-state index contributed by atoms with van der Waals surface area (Å²) < 4.78 is 2.40. The van der Waals surface area contributed by atoms with Crippen molar-refractivity contribution in [2.45, 2.75) is 0 Å². The maximum absolute atomic E-state index is 2.40. The average molecular weight is 548 g/mol. The molecule has 1 nitrogen and oxygen atoms in total. The Morgan fingerprint density at radius 2 is 0.651 bits per heavy atom. The Morgan fingerprint density at radius 3 is 1.12 bits per heavy atom. The second kappa shape index (κ2) is 10.6. The van der Waals surface area contributed by atoms with Crippen LogP contribution in [0.15, 0.2) is 176 Å². The monoisotopic (exact) mass is 547 g/mol. The van der Waals surface area contributed by atoms with Crippen LogP contribution in [0.1, 0.15) is 0 Å². The maximum atomic E-state index is 2.40. The van der Waals surface area contributed by atoms with Crippen LogP contribution in [0.25, 0.3) is 72.0 Å². The fraction of sp³-hybridized carbons (Fsp3) is 0. The van der Waals surface area contributed by atoms with Crippen molar-refractivity contribution in [3.63, 3.8) is 0 Å². The Bertz CT molecular complexity index is 2090. The smallest absolute Gasteiger partial charge is 0.0541 e. The van der Waals surface area contributed by atoms with Gasteiger partial charge in [-0.1, -0.05) is 140 Å². The lowest BCUT2D eigenvalue weighted by molar-refractivity contribution is 1.18. The lowest BCUT2D eigenvalue weighted by atomic mass is 9.94. The van der Waals surface area contributed by atoms with Crippen LogP contribution < -0.4 is 0 Å². The Balaban J connectivity index is 1.29. The highest BCUT2D eigenvalue weighted by molar-refractivity contribution is 6.11. The van der Waals surface area contributed by atoms with Crippen molar-refractivity contribution in [2.24, 2.45) is 0 Å². The highest BCUT2D eigenvalue weighted by Gasteiger charge is 2.15. The van der Waals surface area contributed by atoms with E-state index >= 15 is 0 Å². The Kier molecular flexibility index (Phi) is 6.20. The highest BCUT2D eigenvalue weighted by atomic mass is 15.0. The lowest BCUT2D eigenvalue weighted by Gasteiger charge is -2.13. The highest BCUT2D eigenvalue weighted by Crippen LogP contribution is 2.38. The van der Waals surface area contributed by atoms with Gasteiger partial charge in [-0.3, -0.25) is 0 Å². The summed E-state index contributed by atoms with van der Waals surface area (Å²) in [7, 11) is 0. The number of nitrogens with zero attached hydrogens (tertiary/aromatic N) is 1. The first-order valence-electron chi connectivity index (χ1n) is 14.8. The van der Waals surface area contributed by atoms with Crippen LogP contribution in [0.4, 0.5) is 0 Å². The summed E-state index contributed by atoms with van der Waals surface area (Å²) in [4.78, 5) is 0. The summed E-state index contributed by atoms with van der Waals surface area (Å²) >= 11 is 0. The van der Waals surface area contributed by atoms with Crippen LogP contribution in [0.5, 0.6) is 0 Å². The van der Waals surface area contributed by atoms with E-state index in [2.05, 4.69) is 180 Å². The molecule has 0 aliphatic rings. The van der Waals surface area contributed by atoms with Gasteiger partial charge in [0.2, 0.25) is 0 Å². The molecule has 8 aromatic rings. The molecule has 0 aliphatic carbocycles. The zero-order valence-corrected chi connectivity index (χ0v) is 23.7. The van der Waals surface area contributed by atoms with E-state index in [1.165, 1.54) is 66.3 Å². The predicted molar refractivity (Wildman–Crippen MR) is 183 cm³/mol. The van der Waals surface area contributed by atoms with Crippen molar-refractivity contribution in [1.29, 1.82) is 0 Å². The third-order valence-electron chi connectivity index (χ3n) is 8.43. The lowest BCUT2D eigenvalue weighted by Crippen LogP contribution is -1.94. The number of fused-ring (bicyclic) bond motifs is 3. The van der Waals surface area contributed by atoms with Crippen molar-refractivity contribution in [3.8, 4) is 50.2 Å². The van der Waals surface area contributed by atoms with Crippen molar-refractivity contribution in [2.75, 3.05) is 0 Å². The molecule has 202 valence electrons. The minimum atomic E-state index is 1.15. The number of aromatic nitrogens is 1. The van der Waals surface area contributed by atoms with E-state index in [0.29, 0.717) is 0 Å². The second-order valence-corrected chi connectivity index (χ2v) is 11.0. The molecule has 0 aliphatic heterocycles. The molecule has 0 atom stereocenters. The van der Waals surface area contributed by atoms with Crippen molar-refractivity contribution in [1.82, 2.24) is 4.57 Å². The molecule has 0 unspecified atom stereocenters. The van der Waals surface area contributed by atoms with Crippen LogP contribution >= 0.6 is 0 Å². The second-order valence-electron chi connectivity index (χ2n) is 11.0. The summed E-state index contributed by atoms with van der Waals surface area (Å²) in [6, 6.07) is 63.4. The minimum Gasteiger partial charge on any atom is -0.309 e. The summed E-state index contributed by atoms with van der Waals surface area (Å²) in [5, 5.41) is 2.51. The molecule has 1 heterocycles. The van der Waals surface area contributed by atoms with Gasteiger partial charge < -0.3 is 4.57 Å². The van der Waals surface area contributed by atoms with Gasteiger partial charge in [-0.05, 0) is 80.9 Å². The molecule has 0 bridgehead atoms. The Hall–Kier alpha value is -5.66. The fourth-order valence-corrected chi connectivity index (χ4v) is 6.32. The zero-order chi connectivity index (χ0) is 28.6. The standard InChI is InChI=1S/C42H29N/c1-4-12-30(13-5-1)34-22-26-41-39(28-34)40-29-35(31-14-6-2-7-15-31)23-27-42(40)43(41)36-24-20-33(21-25-36)38-19-11-10-18-37(38)32-16-8-3-9-17-32/h1-29H. The largest absolute Gasteiger partial charge is 0.309 e. The van der Waals surface area contributed by atoms with E-state index in [4.69, 9.17) is 0 Å². The molecule has 0 amide bonds. The van der Waals surface area contributed by atoms with Gasteiger partial charge >= 0.3 is 0 Å². The maximum Gasteiger partial charge on any atom is 0.0541 e. The molecule has 0 saturated heterocycles. The van der Waals surface area contributed by atoms with E-state index in [9.17, 15) is 0 Å². The van der Waals surface area contributed by atoms with Gasteiger partial charge in [0, 0.05) is 16.5 Å². The van der Waals surface area contributed by atoms with E-state index in [1.807, 2.05) is 0 Å². The molecule has 43 heavy (non-hydrogen) atoms. The van der Waals surface area contributed by atoms with E-state index in [-0.39, 0.29) is 0 Å². The van der Waals surface area contributed by atoms with Gasteiger partial charge in [0.25, 0.3) is 0 Å². The van der Waals surface area contributed by atoms with Crippen LogP contribution in [-0.4, -0.2) is 4.57 Å². The molecule has 8 rings (SSSR count). The minimum absolute atomic E-state index is 1.15. The zero-order valence-electron chi connectivity index (χ0n) is 23.7. The van der Waals surface area contributed by atoms with Crippen LogP contribution in [-0.2, 0) is 0 Å². The first-order chi connectivity index (χ1) is 21.3. The third kappa shape index (κ3) is 4.52. The first kappa shape index (κ1) is 25.1. The molecule has 0 N–H and O–H groups in total. The SMILES string of the molecule is c1ccc(-c2ccc3c(c2)c2cc(-c4ccccc4)ccc2n3-c2ccc(-c3ccccc3-c3ccccc3)cc2)cc1. The van der Waals surface area contributed by atoms with Gasteiger partial charge in [0.15, 0.2) is 0 Å². The molecular formula is C42H29N. The van der Waals surface area contributed by atoms with Gasteiger partial charge in [-0.15, -0.1) is 0 Å². The molecular weight excluding hydrogens is 518 g/mol. The van der Waals surface area contributed by atoms with Crippen molar-refractivity contribution < 1.29 is 0 Å². The molecule has 0 radical (unpaired) electrons. The summed E-state index contributed by atoms with van der Waals surface area (Å²) in [5.74, 6) is 0. The number of benzene rings is 7. The number of hydrogen-bond donors (Lipinski definition) is 0. The average Bonchev–Trinajstić information content (AvgIpc) is 3.42. The van der Waals surface area contributed by atoms with Gasteiger partial charge in [0.1, 0.15) is 0 Å². The molecule has 1 aromatic heterocycles. The van der Waals surface area contributed by atoms with Crippen molar-refractivity contribution >= 4 is 21.8 Å². The summed E-state index contributed by atoms with van der Waals surface area (Å²) in [6.07, 6.45) is 0. The number of rotatable bonds is 5. The molecule has 1 heteroatoms. The quantitative estimate of drug-likeness (QED) is 0.202. The number of hydrogen-bond acceptors (Lipinski definition) is 0. The van der Waals surface area contributed by atoms with E-state index in [1.54, 1.807) is 0 Å². The van der Waals surface area contributed by atoms with Gasteiger partial charge in [-0.25, -0.2) is 0 Å².